The molecule has 2 fully saturated rings. The molecule has 2 atom stereocenters. The number of nitrogens with zero attached hydrogens (tertiary/aromatic N) is 3. The number of pyridine rings is 1. The zero-order valence-corrected chi connectivity index (χ0v) is 28.8. The van der Waals surface area contributed by atoms with Gasteiger partial charge in [-0.05, 0) is 101 Å². The fraction of sp³-hybridized carbons (Fsp3) is 0.562. The number of carbonyl (C=O) groups is 3. The number of amides is 3. The van der Waals surface area contributed by atoms with Crippen molar-refractivity contribution in [2.75, 3.05) is 46.4 Å². The zero-order valence-electron chi connectivity index (χ0n) is 24.9. The largest absolute Gasteiger partial charge is 0.469 e. The number of rotatable bonds is 7. The first kappa shape index (κ1) is 33.2. The highest BCUT2D eigenvalue weighted by atomic mass is 79.9. The third-order valence-corrected chi connectivity index (χ3v) is 10.7. The van der Waals surface area contributed by atoms with Gasteiger partial charge in [-0.25, -0.2) is 4.79 Å². The number of ether oxygens (including phenoxy) is 1. The van der Waals surface area contributed by atoms with E-state index in [2.05, 4.69) is 54.0 Å². The van der Waals surface area contributed by atoms with Crippen LogP contribution in [0.15, 0.2) is 33.3 Å². The lowest BCUT2D eigenvalue weighted by molar-refractivity contribution is -0.146. The standard InChI is InChI=1S/C32H39Br2ClN4O5/c1-44-31(42)23(18-40)16-37-32(43)39-8-4-19(5-9-39)12-27(41)38-10-6-20(7-11-38)29-28-21(14-25(35)15-26(28)34)2-3-22-13-24(33)17-36-30(22)29/h13-15,17,19-20,23,29,40H,2-12,16,18H2,1H3,(H,37,43)/t23?,29-/m1/s1. The second-order valence-electron chi connectivity index (χ2n) is 12.1. The van der Waals surface area contributed by atoms with E-state index in [0.717, 1.165) is 71.3 Å². The maximum Gasteiger partial charge on any atom is 0.317 e. The Morgan fingerprint density at radius 3 is 2.41 bits per heavy atom. The van der Waals surface area contributed by atoms with Gasteiger partial charge in [-0.2, -0.15) is 0 Å². The van der Waals surface area contributed by atoms with Crippen molar-refractivity contribution < 1.29 is 24.2 Å². The van der Waals surface area contributed by atoms with E-state index in [1.807, 2.05) is 17.2 Å². The van der Waals surface area contributed by atoms with Gasteiger partial charge in [0.15, 0.2) is 0 Å². The monoisotopic (exact) mass is 752 g/mol. The quantitative estimate of drug-likeness (QED) is 0.371. The van der Waals surface area contributed by atoms with E-state index in [4.69, 9.17) is 16.6 Å². The Balaban J connectivity index is 1.16. The third-order valence-electron chi connectivity index (χ3n) is 9.40. The number of aliphatic hydroxyl groups is 1. The maximum atomic E-state index is 13.4. The molecule has 3 heterocycles. The van der Waals surface area contributed by atoms with Crippen LogP contribution in [0, 0.1) is 17.8 Å². The number of nitrogens with one attached hydrogen (secondary N) is 1. The average molecular weight is 755 g/mol. The van der Waals surface area contributed by atoms with Crippen LogP contribution in [-0.4, -0.2) is 84.2 Å². The maximum absolute atomic E-state index is 13.4. The van der Waals surface area contributed by atoms with Crippen LogP contribution in [0.1, 0.15) is 60.4 Å². The summed E-state index contributed by atoms with van der Waals surface area (Å²) < 4.78 is 6.66. The number of aryl methyl sites for hydroxylation is 2. The van der Waals surface area contributed by atoms with Gasteiger partial charge in [-0.15, -0.1) is 0 Å². The Morgan fingerprint density at radius 1 is 1.05 bits per heavy atom. The summed E-state index contributed by atoms with van der Waals surface area (Å²) in [6.45, 7) is 2.18. The number of halogens is 3. The van der Waals surface area contributed by atoms with Crippen LogP contribution in [0.4, 0.5) is 4.79 Å². The molecule has 3 aliphatic rings. The Bertz CT molecular complexity index is 1380. The van der Waals surface area contributed by atoms with Gasteiger partial charge in [0, 0.05) is 65.2 Å². The van der Waals surface area contributed by atoms with Crippen LogP contribution in [0.5, 0.6) is 0 Å². The molecule has 2 aromatic rings. The van der Waals surface area contributed by atoms with Crippen molar-refractivity contribution in [3.8, 4) is 0 Å². The summed E-state index contributed by atoms with van der Waals surface area (Å²) in [4.78, 5) is 46.3. The van der Waals surface area contributed by atoms with Gasteiger partial charge in [0.1, 0.15) is 0 Å². The molecule has 0 spiro atoms. The van der Waals surface area contributed by atoms with Crippen LogP contribution in [-0.2, 0) is 27.2 Å². The fourth-order valence-corrected chi connectivity index (χ4v) is 8.44. The van der Waals surface area contributed by atoms with Crippen molar-refractivity contribution in [2.24, 2.45) is 17.8 Å². The molecule has 3 amide bonds. The molecule has 1 aromatic heterocycles. The first-order valence-electron chi connectivity index (χ1n) is 15.3. The number of likely N-dealkylation sites (tertiary alicyclic amines) is 2. The molecule has 1 aromatic carbocycles. The Hall–Kier alpha value is -2.21. The highest BCUT2D eigenvalue weighted by molar-refractivity contribution is 9.10. The lowest BCUT2D eigenvalue weighted by atomic mass is 9.76. The number of methoxy groups -OCH3 is 1. The minimum Gasteiger partial charge on any atom is -0.469 e. The van der Waals surface area contributed by atoms with Gasteiger partial charge >= 0.3 is 12.0 Å². The van der Waals surface area contributed by atoms with Gasteiger partial charge in [0.05, 0.1) is 25.3 Å². The van der Waals surface area contributed by atoms with Crippen molar-refractivity contribution in [3.63, 3.8) is 0 Å². The van der Waals surface area contributed by atoms with E-state index in [9.17, 15) is 19.5 Å². The normalized spacial score (nSPS) is 19.9. The number of hydrogen-bond donors (Lipinski definition) is 2. The molecule has 0 saturated carbocycles. The molecule has 0 bridgehead atoms. The van der Waals surface area contributed by atoms with Gasteiger partial charge in [0.25, 0.3) is 0 Å². The molecule has 1 unspecified atom stereocenters. The van der Waals surface area contributed by atoms with E-state index in [0.29, 0.717) is 25.4 Å². The van der Waals surface area contributed by atoms with Crippen LogP contribution in [0.2, 0.25) is 5.02 Å². The molecule has 2 saturated heterocycles. The molecule has 2 aliphatic heterocycles. The lowest BCUT2D eigenvalue weighted by Gasteiger charge is -2.38. The summed E-state index contributed by atoms with van der Waals surface area (Å²) in [5.74, 6) is -0.433. The lowest BCUT2D eigenvalue weighted by Crippen LogP contribution is -2.47. The molecule has 238 valence electrons. The number of urea groups is 1. The molecule has 12 heteroatoms. The summed E-state index contributed by atoms with van der Waals surface area (Å²) in [5, 5.41) is 12.8. The minimum atomic E-state index is -0.784. The first-order valence-corrected chi connectivity index (χ1v) is 17.3. The van der Waals surface area contributed by atoms with Crippen molar-refractivity contribution in [3.05, 3.63) is 60.7 Å². The summed E-state index contributed by atoms with van der Waals surface area (Å²) in [5.41, 5.74) is 4.94. The molecule has 5 rings (SSSR count). The number of fused-ring (bicyclic) bond motifs is 2. The van der Waals surface area contributed by atoms with Gasteiger partial charge < -0.3 is 25.0 Å². The van der Waals surface area contributed by atoms with Gasteiger partial charge in [0.2, 0.25) is 5.91 Å². The second kappa shape index (κ2) is 14.9. The topological polar surface area (TPSA) is 112 Å². The van der Waals surface area contributed by atoms with Crippen LogP contribution < -0.4 is 5.32 Å². The summed E-state index contributed by atoms with van der Waals surface area (Å²) >= 11 is 13.9. The van der Waals surface area contributed by atoms with Gasteiger partial charge in [-0.1, -0.05) is 27.5 Å². The van der Waals surface area contributed by atoms with Crippen LogP contribution >= 0.6 is 43.5 Å². The molecule has 0 radical (unpaired) electrons. The predicted molar refractivity (Wildman–Crippen MR) is 175 cm³/mol. The number of aliphatic hydroxyl groups excluding tert-OH is 1. The van der Waals surface area contributed by atoms with Crippen molar-refractivity contribution >= 4 is 61.4 Å². The summed E-state index contributed by atoms with van der Waals surface area (Å²) in [6, 6.07) is 6.01. The Labute approximate surface area is 280 Å². The number of aromatic nitrogens is 1. The smallest absolute Gasteiger partial charge is 0.317 e. The SMILES string of the molecule is COC(=O)C(CO)CNC(=O)N1CCC(CC(=O)N2CCC([C@H]3c4ncc(Br)cc4CCc4cc(Cl)cc(Br)c43)CC2)CC1. The van der Waals surface area contributed by atoms with Crippen molar-refractivity contribution in [1.29, 1.82) is 0 Å². The molecule has 9 nitrogen and oxygen atoms in total. The molecule has 1 aliphatic carbocycles. The number of benzene rings is 1. The number of carbonyl (C=O) groups excluding carboxylic acids is 3. The fourth-order valence-electron chi connectivity index (χ4n) is 6.94. The highest BCUT2D eigenvalue weighted by Crippen LogP contribution is 2.46. The number of esters is 1. The highest BCUT2D eigenvalue weighted by Gasteiger charge is 2.37. The molecule has 2 N–H and O–H groups in total. The van der Waals surface area contributed by atoms with E-state index in [1.165, 1.54) is 23.8 Å². The van der Waals surface area contributed by atoms with Crippen molar-refractivity contribution in [2.45, 2.75) is 50.9 Å². The van der Waals surface area contributed by atoms with E-state index in [-0.39, 0.29) is 30.3 Å². The molecule has 44 heavy (non-hydrogen) atoms. The van der Waals surface area contributed by atoms with Crippen molar-refractivity contribution in [1.82, 2.24) is 20.1 Å². The average Bonchev–Trinajstić information content (AvgIpc) is 3.18. The number of piperidine rings is 2. The molecular weight excluding hydrogens is 716 g/mol. The predicted octanol–water partition coefficient (Wildman–Crippen LogP) is 5.32. The van der Waals surface area contributed by atoms with E-state index >= 15 is 0 Å². The van der Waals surface area contributed by atoms with Crippen LogP contribution in [0.25, 0.3) is 0 Å². The van der Waals surface area contributed by atoms with Gasteiger partial charge in [-0.3, -0.25) is 14.6 Å². The summed E-state index contributed by atoms with van der Waals surface area (Å²) in [7, 11) is 1.25. The Kier molecular flexibility index (Phi) is 11.2. The second-order valence-corrected chi connectivity index (χ2v) is 14.3. The Morgan fingerprint density at radius 2 is 1.73 bits per heavy atom. The minimum absolute atomic E-state index is 0.0205. The third kappa shape index (κ3) is 7.59. The first-order chi connectivity index (χ1) is 21.2. The zero-order chi connectivity index (χ0) is 31.4. The van der Waals surface area contributed by atoms with Crippen LogP contribution in [0.3, 0.4) is 0 Å². The van der Waals surface area contributed by atoms with E-state index < -0.39 is 18.5 Å². The molecular formula is C32H39Br2ClN4O5. The summed E-state index contributed by atoms with van der Waals surface area (Å²) in [6.07, 6.45) is 7.51. The van der Waals surface area contributed by atoms with E-state index in [1.54, 1.807) is 4.90 Å². The number of hydrogen-bond acceptors (Lipinski definition) is 6.